The molecule has 2 aromatic rings. The monoisotopic (exact) mass is 322 g/mol. The maximum Gasteiger partial charge on any atom is 0.319 e. The van der Waals surface area contributed by atoms with E-state index in [1.54, 1.807) is 44.2 Å². The minimum Gasteiger partial charge on any atom is -0.360 e. The lowest BCUT2D eigenvalue weighted by Crippen LogP contribution is -2.43. The summed E-state index contributed by atoms with van der Waals surface area (Å²) >= 11 is 5.76. The van der Waals surface area contributed by atoms with E-state index >= 15 is 0 Å². The smallest absolute Gasteiger partial charge is 0.319 e. The number of nitrogens with one attached hydrogen (secondary N) is 3. The first kappa shape index (κ1) is 15.8. The largest absolute Gasteiger partial charge is 0.360 e. The van der Waals surface area contributed by atoms with Gasteiger partial charge in [0.1, 0.15) is 11.8 Å². The standard InChI is InChI=1S/C14H15ClN4O3/c1-8-7-12(19-22-8)18-13(20)9(2)16-14(21)17-11-5-3-10(15)4-6-11/h3-7,9H,1-2H3,(H2,16,17,21)(H,18,19,20)/t9-/m0/s1. The number of urea groups is 1. The van der Waals surface area contributed by atoms with Crippen molar-refractivity contribution in [2.75, 3.05) is 10.6 Å². The fourth-order valence-corrected chi connectivity index (χ4v) is 1.75. The number of hydrogen-bond donors (Lipinski definition) is 3. The van der Waals surface area contributed by atoms with E-state index in [1.807, 2.05) is 0 Å². The topological polar surface area (TPSA) is 96.3 Å². The third kappa shape index (κ3) is 4.49. The van der Waals surface area contributed by atoms with Crippen molar-refractivity contribution in [3.63, 3.8) is 0 Å². The molecule has 0 bridgehead atoms. The molecule has 0 aliphatic heterocycles. The van der Waals surface area contributed by atoms with E-state index in [1.165, 1.54) is 0 Å². The minimum atomic E-state index is -0.746. The van der Waals surface area contributed by atoms with E-state index in [0.29, 0.717) is 22.3 Å². The highest BCUT2D eigenvalue weighted by Gasteiger charge is 2.17. The first-order chi connectivity index (χ1) is 10.4. The van der Waals surface area contributed by atoms with Crippen molar-refractivity contribution in [3.8, 4) is 0 Å². The SMILES string of the molecule is Cc1cc(NC(=O)[C@H](C)NC(=O)Nc2ccc(Cl)cc2)no1. The van der Waals surface area contributed by atoms with Crippen molar-refractivity contribution < 1.29 is 14.1 Å². The normalized spacial score (nSPS) is 11.6. The molecule has 0 fully saturated rings. The van der Waals surface area contributed by atoms with Gasteiger partial charge in [0, 0.05) is 16.8 Å². The average molecular weight is 323 g/mol. The predicted molar refractivity (Wildman–Crippen MR) is 82.9 cm³/mol. The van der Waals surface area contributed by atoms with Crippen LogP contribution in [0.4, 0.5) is 16.3 Å². The number of benzene rings is 1. The van der Waals surface area contributed by atoms with Gasteiger partial charge < -0.3 is 20.5 Å². The third-order valence-electron chi connectivity index (χ3n) is 2.72. The van der Waals surface area contributed by atoms with Gasteiger partial charge >= 0.3 is 6.03 Å². The van der Waals surface area contributed by atoms with Crippen LogP contribution in [0.15, 0.2) is 34.9 Å². The molecule has 3 N–H and O–H groups in total. The lowest BCUT2D eigenvalue weighted by atomic mass is 10.3. The van der Waals surface area contributed by atoms with Crippen molar-refractivity contribution in [3.05, 3.63) is 41.1 Å². The summed E-state index contributed by atoms with van der Waals surface area (Å²) in [5, 5.41) is 11.9. The molecule has 0 spiro atoms. The lowest BCUT2D eigenvalue weighted by Gasteiger charge is -2.13. The van der Waals surface area contributed by atoms with Crippen LogP contribution in [0.25, 0.3) is 0 Å². The molecule has 1 aromatic heterocycles. The molecule has 0 radical (unpaired) electrons. The van der Waals surface area contributed by atoms with E-state index in [9.17, 15) is 9.59 Å². The molecular weight excluding hydrogens is 308 g/mol. The van der Waals surface area contributed by atoms with Gasteiger partial charge in [-0.15, -0.1) is 0 Å². The molecule has 0 aliphatic rings. The molecule has 0 saturated heterocycles. The Morgan fingerprint density at radius 3 is 2.50 bits per heavy atom. The first-order valence-corrected chi connectivity index (χ1v) is 6.89. The van der Waals surface area contributed by atoms with Gasteiger partial charge in [0.25, 0.3) is 0 Å². The number of carbonyl (C=O) groups is 2. The Labute approximate surface area is 132 Å². The third-order valence-corrected chi connectivity index (χ3v) is 2.97. The van der Waals surface area contributed by atoms with Gasteiger partial charge in [-0.05, 0) is 38.1 Å². The quantitative estimate of drug-likeness (QED) is 0.806. The Kier molecular flexibility index (Phi) is 5.00. The average Bonchev–Trinajstić information content (AvgIpc) is 2.86. The van der Waals surface area contributed by atoms with Crippen LogP contribution in [0, 0.1) is 6.92 Å². The van der Waals surface area contributed by atoms with Gasteiger partial charge in [0.05, 0.1) is 0 Å². The zero-order valence-corrected chi connectivity index (χ0v) is 12.8. The molecule has 3 amide bonds. The molecule has 1 heterocycles. The van der Waals surface area contributed by atoms with E-state index in [0.717, 1.165) is 0 Å². The summed E-state index contributed by atoms with van der Waals surface area (Å²) in [5.74, 6) is 0.477. The summed E-state index contributed by atoms with van der Waals surface area (Å²) in [6, 6.07) is 6.96. The number of hydrogen-bond acceptors (Lipinski definition) is 4. The van der Waals surface area contributed by atoms with Gasteiger partial charge in [-0.3, -0.25) is 4.79 Å². The number of carbonyl (C=O) groups excluding carboxylic acids is 2. The van der Waals surface area contributed by atoms with Crippen LogP contribution in [0.1, 0.15) is 12.7 Å². The molecule has 2 rings (SSSR count). The van der Waals surface area contributed by atoms with Crippen molar-refractivity contribution in [1.29, 1.82) is 0 Å². The van der Waals surface area contributed by atoms with Crippen LogP contribution in [-0.4, -0.2) is 23.1 Å². The second kappa shape index (κ2) is 6.95. The molecule has 1 aromatic carbocycles. The fraction of sp³-hybridized carbons (Fsp3) is 0.214. The number of aromatic nitrogens is 1. The second-order valence-corrected chi connectivity index (χ2v) is 5.08. The van der Waals surface area contributed by atoms with Gasteiger partial charge in [-0.1, -0.05) is 16.8 Å². The molecule has 0 unspecified atom stereocenters. The summed E-state index contributed by atoms with van der Waals surface area (Å²) in [7, 11) is 0. The lowest BCUT2D eigenvalue weighted by molar-refractivity contribution is -0.117. The molecule has 0 saturated carbocycles. The van der Waals surface area contributed by atoms with Crippen LogP contribution in [0.2, 0.25) is 5.02 Å². The zero-order valence-electron chi connectivity index (χ0n) is 12.0. The number of aryl methyl sites for hydroxylation is 1. The second-order valence-electron chi connectivity index (χ2n) is 4.64. The molecule has 22 heavy (non-hydrogen) atoms. The van der Waals surface area contributed by atoms with Crippen molar-refractivity contribution >= 4 is 35.0 Å². The maximum absolute atomic E-state index is 11.9. The zero-order chi connectivity index (χ0) is 16.1. The van der Waals surface area contributed by atoms with Crippen molar-refractivity contribution in [2.24, 2.45) is 0 Å². The van der Waals surface area contributed by atoms with Crippen molar-refractivity contribution in [2.45, 2.75) is 19.9 Å². The number of rotatable bonds is 4. The van der Waals surface area contributed by atoms with Crippen LogP contribution in [0.5, 0.6) is 0 Å². The summed E-state index contributed by atoms with van der Waals surface area (Å²) in [6.07, 6.45) is 0. The summed E-state index contributed by atoms with van der Waals surface area (Å²) in [5.41, 5.74) is 0.571. The summed E-state index contributed by atoms with van der Waals surface area (Å²) < 4.78 is 4.84. The Hall–Kier alpha value is -2.54. The van der Waals surface area contributed by atoms with E-state index in [4.69, 9.17) is 16.1 Å². The Morgan fingerprint density at radius 1 is 1.23 bits per heavy atom. The van der Waals surface area contributed by atoms with Gasteiger partial charge in [0.2, 0.25) is 5.91 Å². The first-order valence-electron chi connectivity index (χ1n) is 6.51. The minimum absolute atomic E-state index is 0.300. The van der Waals surface area contributed by atoms with Crippen LogP contribution >= 0.6 is 11.6 Å². The Morgan fingerprint density at radius 2 is 1.91 bits per heavy atom. The number of halogens is 1. The highest BCUT2D eigenvalue weighted by atomic mass is 35.5. The summed E-state index contributed by atoms with van der Waals surface area (Å²) in [4.78, 5) is 23.7. The van der Waals surface area contributed by atoms with Gasteiger partial charge in [-0.25, -0.2) is 4.79 Å². The molecule has 0 aliphatic carbocycles. The molecule has 1 atom stereocenters. The summed E-state index contributed by atoms with van der Waals surface area (Å²) in [6.45, 7) is 3.27. The number of amides is 3. The number of nitrogens with zero attached hydrogens (tertiary/aromatic N) is 1. The maximum atomic E-state index is 11.9. The van der Waals surface area contributed by atoms with Crippen molar-refractivity contribution in [1.82, 2.24) is 10.5 Å². The van der Waals surface area contributed by atoms with Gasteiger partial charge in [-0.2, -0.15) is 0 Å². The Balaban J connectivity index is 1.85. The molecule has 7 nitrogen and oxygen atoms in total. The highest BCUT2D eigenvalue weighted by Crippen LogP contribution is 2.13. The highest BCUT2D eigenvalue weighted by molar-refractivity contribution is 6.30. The Bertz CT molecular complexity index is 669. The van der Waals surface area contributed by atoms with Crippen LogP contribution < -0.4 is 16.0 Å². The number of anilines is 2. The molecule has 116 valence electrons. The van der Waals surface area contributed by atoms with Crippen LogP contribution in [0.3, 0.4) is 0 Å². The molecular formula is C14H15ClN4O3. The fourth-order valence-electron chi connectivity index (χ4n) is 1.62. The van der Waals surface area contributed by atoms with E-state index in [-0.39, 0.29) is 0 Å². The van der Waals surface area contributed by atoms with E-state index in [2.05, 4.69) is 21.1 Å². The van der Waals surface area contributed by atoms with Crippen LogP contribution in [-0.2, 0) is 4.79 Å². The van der Waals surface area contributed by atoms with Gasteiger partial charge in [0.15, 0.2) is 5.82 Å². The molecule has 8 heteroatoms. The predicted octanol–water partition coefficient (Wildman–Crippen LogP) is 2.79. The van der Waals surface area contributed by atoms with E-state index < -0.39 is 18.0 Å².